The lowest BCUT2D eigenvalue weighted by Gasteiger charge is -2.15. The SMILES string of the molecule is Cc1cc(S(=O)(=O)Cl)c(C)c(C)c1OCCCF. The molecule has 6 heteroatoms. The smallest absolute Gasteiger partial charge is 0.261 e. The maximum Gasteiger partial charge on any atom is 0.261 e. The van der Waals surface area contributed by atoms with Crippen molar-refractivity contribution in [2.45, 2.75) is 32.1 Å². The van der Waals surface area contributed by atoms with Crippen LogP contribution in [0.3, 0.4) is 0 Å². The van der Waals surface area contributed by atoms with E-state index >= 15 is 0 Å². The molecule has 18 heavy (non-hydrogen) atoms. The van der Waals surface area contributed by atoms with Crippen LogP contribution in [0.1, 0.15) is 23.1 Å². The van der Waals surface area contributed by atoms with E-state index in [4.69, 9.17) is 15.4 Å². The number of rotatable bonds is 5. The molecule has 0 aliphatic carbocycles. The van der Waals surface area contributed by atoms with Crippen LogP contribution < -0.4 is 4.74 Å². The normalized spacial score (nSPS) is 11.6. The summed E-state index contributed by atoms with van der Waals surface area (Å²) in [4.78, 5) is 0.0945. The molecule has 1 aromatic rings. The lowest BCUT2D eigenvalue weighted by Crippen LogP contribution is -2.05. The van der Waals surface area contributed by atoms with Crippen LogP contribution in [0, 0.1) is 20.8 Å². The topological polar surface area (TPSA) is 43.4 Å². The molecule has 0 saturated heterocycles. The Morgan fingerprint density at radius 3 is 2.39 bits per heavy atom. The lowest BCUT2D eigenvalue weighted by atomic mass is 10.1. The minimum absolute atomic E-state index is 0.0945. The summed E-state index contributed by atoms with van der Waals surface area (Å²) in [7, 11) is 1.60. The molecular formula is C12H16ClFO3S. The molecule has 0 bridgehead atoms. The second-order valence-corrected chi connectivity index (χ2v) is 6.63. The van der Waals surface area contributed by atoms with E-state index in [0.29, 0.717) is 28.9 Å². The van der Waals surface area contributed by atoms with Crippen LogP contribution in [-0.2, 0) is 9.05 Å². The zero-order valence-electron chi connectivity index (χ0n) is 10.6. The first-order valence-corrected chi connectivity index (χ1v) is 7.84. The number of benzene rings is 1. The number of halogens is 2. The third-order valence-electron chi connectivity index (χ3n) is 2.77. The Kier molecular flexibility index (Phi) is 4.99. The van der Waals surface area contributed by atoms with E-state index in [2.05, 4.69) is 0 Å². The Morgan fingerprint density at radius 1 is 1.28 bits per heavy atom. The highest BCUT2D eigenvalue weighted by atomic mass is 35.7. The van der Waals surface area contributed by atoms with E-state index < -0.39 is 15.7 Å². The predicted octanol–water partition coefficient (Wildman–Crippen LogP) is 3.28. The molecule has 0 unspecified atom stereocenters. The van der Waals surface area contributed by atoms with Crippen LogP contribution in [-0.4, -0.2) is 21.7 Å². The summed E-state index contributed by atoms with van der Waals surface area (Å²) >= 11 is 0. The van der Waals surface area contributed by atoms with E-state index in [0.717, 1.165) is 0 Å². The number of aryl methyl sites for hydroxylation is 1. The zero-order valence-corrected chi connectivity index (χ0v) is 12.2. The van der Waals surface area contributed by atoms with Gasteiger partial charge in [0.1, 0.15) is 5.75 Å². The lowest BCUT2D eigenvalue weighted by molar-refractivity contribution is 0.286. The molecule has 0 saturated carbocycles. The van der Waals surface area contributed by atoms with Crippen LogP contribution >= 0.6 is 10.7 Å². The van der Waals surface area contributed by atoms with Crippen LogP contribution in [0.15, 0.2) is 11.0 Å². The molecule has 0 radical (unpaired) electrons. The standard InChI is InChI=1S/C12H16ClFO3S/c1-8-7-11(18(13,15)16)9(2)10(3)12(8)17-6-4-5-14/h7H,4-6H2,1-3H3. The third-order valence-corrected chi connectivity index (χ3v) is 4.21. The van der Waals surface area contributed by atoms with Gasteiger partial charge in [-0.2, -0.15) is 0 Å². The number of alkyl halides is 1. The maximum atomic E-state index is 12.0. The van der Waals surface area contributed by atoms with Crippen molar-refractivity contribution in [1.29, 1.82) is 0 Å². The Morgan fingerprint density at radius 2 is 1.89 bits per heavy atom. The van der Waals surface area contributed by atoms with Crippen LogP contribution in [0.5, 0.6) is 5.75 Å². The summed E-state index contributed by atoms with van der Waals surface area (Å²) in [5.74, 6) is 0.602. The molecule has 0 aliphatic rings. The van der Waals surface area contributed by atoms with E-state index in [1.165, 1.54) is 6.07 Å². The Hall–Kier alpha value is -0.810. The van der Waals surface area contributed by atoms with Gasteiger partial charge >= 0.3 is 0 Å². The van der Waals surface area contributed by atoms with Gasteiger partial charge in [-0.3, -0.25) is 4.39 Å². The fourth-order valence-corrected chi connectivity index (χ4v) is 3.04. The van der Waals surface area contributed by atoms with Gasteiger partial charge in [0.25, 0.3) is 9.05 Å². The van der Waals surface area contributed by atoms with Gasteiger partial charge in [-0.1, -0.05) is 0 Å². The molecule has 0 fully saturated rings. The van der Waals surface area contributed by atoms with Crippen molar-refractivity contribution in [3.8, 4) is 5.75 Å². The van der Waals surface area contributed by atoms with Crippen molar-refractivity contribution in [2.24, 2.45) is 0 Å². The fraction of sp³-hybridized carbons (Fsp3) is 0.500. The fourth-order valence-electron chi connectivity index (χ4n) is 1.73. The first-order chi connectivity index (χ1) is 8.29. The molecule has 0 heterocycles. The number of ether oxygens (including phenoxy) is 1. The molecule has 1 rings (SSSR count). The quantitative estimate of drug-likeness (QED) is 0.618. The first-order valence-electron chi connectivity index (χ1n) is 5.53. The molecule has 0 spiro atoms. The number of hydrogen-bond donors (Lipinski definition) is 0. The highest BCUT2D eigenvalue weighted by Gasteiger charge is 2.19. The second kappa shape index (κ2) is 5.89. The minimum atomic E-state index is -3.76. The van der Waals surface area contributed by atoms with E-state index in [-0.39, 0.29) is 11.5 Å². The maximum absolute atomic E-state index is 12.0. The van der Waals surface area contributed by atoms with Gasteiger partial charge in [0.05, 0.1) is 18.2 Å². The van der Waals surface area contributed by atoms with Gasteiger partial charge in [-0.15, -0.1) is 0 Å². The van der Waals surface area contributed by atoms with E-state index in [1.54, 1.807) is 20.8 Å². The van der Waals surface area contributed by atoms with E-state index in [1.807, 2.05) is 0 Å². The van der Waals surface area contributed by atoms with Crippen molar-refractivity contribution in [3.05, 3.63) is 22.8 Å². The van der Waals surface area contributed by atoms with Crippen molar-refractivity contribution in [2.75, 3.05) is 13.3 Å². The molecule has 1 aromatic carbocycles. The summed E-state index contributed by atoms with van der Waals surface area (Å²) in [5.41, 5.74) is 1.95. The van der Waals surface area contributed by atoms with Crippen molar-refractivity contribution < 1.29 is 17.5 Å². The zero-order chi connectivity index (χ0) is 13.9. The van der Waals surface area contributed by atoms with Gasteiger partial charge < -0.3 is 4.74 Å². The Balaban J connectivity index is 3.21. The predicted molar refractivity (Wildman–Crippen MR) is 69.8 cm³/mol. The van der Waals surface area contributed by atoms with Gasteiger partial charge in [0.2, 0.25) is 0 Å². The van der Waals surface area contributed by atoms with Gasteiger partial charge in [-0.05, 0) is 43.5 Å². The number of hydrogen-bond acceptors (Lipinski definition) is 3. The second-order valence-electron chi connectivity index (χ2n) is 4.10. The molecule has 0 N–H and O–H groups in total. The summed E-state index contributed by atoms with van der Waals surface area (Å²) < 4.78 is 40.3. The monoisotopic (exact) mass is 294 g/mol. The highest BCUT2D eigenvalue weighted by Crippen LogP contribution is 2.32. The van der Waals surface area contributed by atoms with Crippen molar-refractivity contribution in [3.63, 3.8) is 0 Å². The average molecular weight is 295 g/mol. The minimum Gasteiger partial charge on any atom is -0.493 e. The van der Waals surface area contributed by atoms with Crippen molar-refractivity contribution >= 4 is 19.7 Å². The van der Waals surface area contributed by atoms with Gasteiger partial charge in [-0.25, -0.2) is 8.42 Å². The molecule has 3 nitrogen and oxygen atoms in total. The van der Waals surface area contributed by atoms with Crippen molar-refractivity contribution in [1.82, 2.24) is 0 Å². The largest absolute Gasteiger partial charge is 0.493 e. The Bertz CT molecular complexity index is 541. The van der Waals surface area contributed by atoms with Gasteiger partial charge in [0.15, 0.2) is 0 Å². The molecule has 0 amide bonds. The molecule has 0 aliphatic heterocycles. The van der Waals surface area contributed by atoms with Gasteiger partial charge in [0, 0.05) is 17.1 Å². The molecular weight excluding hydrogens is 279 g/mol. The summed E-state index contributed by atoms with van der Waals surface area (Å²) in [5, 5.41) is 0. The molecule has 0 aromatic heterocycles. The summed E-state index contributed by atoms with van der Waals surface area (Å²) in [6, 6.07) is 1.48. The first kappa shape index (κ1) is 15.2. The Labute approximate surface area is 111 Å². The summed E-state index contributed by atoms with van der Waals surface area (Å²) in [6.45, 7) is 5.00. The summed E-state index contributed by atoms with van der Waals surface area (Å²) in [6.07, 6.45) is 0.313. The molecule has 0 atom stereocenters. The molecule has 102 valence electrons. The highest BCUT2D eigenvalue weighted by molar-refractivity contribution is 8.13. The third kappa shape index (κ3) is 3.36. The van der Waals surface area contributed by atoms with Crippen LogP contribution in [0.25, 0.3) is 0 Å². The average Bonchev–Trinajstić information content (AvgIpc) is 2.26. The van der Waals surface area contributed by atoms with Crippen LogP contribution in [0.4, 0.5) is 4.39 Å². The van der Waals surface area contributed by atoms with E-state index in [9.17, 15) is 12.8 Å². The van der Waals surface area contributed by atoms with Crippen LogP contribution in [0.2, 0.25) is 0 Å².